The molecule has 5 heteroatoms. The summed E-state index contributed by atoms with van der Waals surface area (Å²) in [5.74, 6) is 0.177. The summed E-state index contributed by atoms with van der Waals surface area (Å²) in [5.41, 5.74) is 1.00. The first-order valence-electron chi connectivity index (χ1n) is 7.47. The van der Waals surface area contributed by atoms with Gasteiger partial charge >= 0.3 is 0 Å². The van der Waals surface area contributed by atoms with E-state index in [2.05, 4.69) is 5.32 Å². The van der Waals surface area contributed by atoms with Gasteiger partial charge in [0.1, 0.15) is 0 Å². The lowest BCUT2D eigenvalue weighted by Crippen LogP contribution is -2.50. The fourth-order valence-corrected chi connectivity index (χ4v) is 2.93. The normalized spacial score (nSPS) is 18.8. The zero-order valence-corrected chi connectivity index (χ0v) is 14.0. The highest BCUT2D eigenvalue weighted by atomic mass is 35.5. The van der Waals surface area contributed by atoms with Gasteiger partial charge in [0.05, 0.1) is 16.1 Å². The lowest BCUT2D eigenvalue weighted by Gasteiger charge is -2.33. The van der Waals surface area contributed by atoms with Gasteiger partial charge in [-0.1, -0.05) is 35.7 Å². The number of carbonyl (C=O) groups excluding carboxylic acids is 1. The molecule has 3 nitrogen and oxygen atoms in total. The van der Waals surface area contributed by atoms with Crippen molar-refractivity contribution in [2.24, 2.45) is 0 Å². The Kier molecular flexibility index (Phi) is 5.91. The van der Waals surface area contributed by atoms with E-state index in [1.165, 1.54) is 0 Å². The molecule has 0 aliphatic carbocycles. The van der Waals surface area contributed by atoms with Gasteiger partial charge in [-0.3, -0.25) is 4.79 Å². The van der Waals surface area contributed by atoms with Crippen molar-refractivity contribution in [3.8, 4) is 0 Å². The van der Waals surface area contributed by atoms with E-state index in [-0.39, 0.29) is 18.0 Å². The first-order valence-corrected chi connectivity index (χ1v) is 8.22. The number of nitrogens with zero attached hydrogens (tertiary/aromatic N) is 1. The van der Waals surface area contributed by atoms with Crippen molar-refractivity contribution in [3.63, 3.8) is 0 Å². The van der Waals surface area contributed by atoms with Crippen molar-refractivity contribution in [1.29, 1.82) is 0 Å². The predicted octanol–water partition coefficient (Wildman–Crippen LogP) is 3.87. The lowest BCUT2D eigenvalue weighted by atomic mass is 10.0. The standard InChI is InChI=1S/C16H22Cl2N2O/c1-11(2)20(16(21)15-5-3-4-8-19-15)10-12-6-7-13(17)14(18)9-12/h6-7,9,11,15,19H,3-5,8,10H2,1-2H3. The molecule has 1 amide bonds. The van der Waals surface area contributed by atoms with Crippen LogP contribution in [-0.2, 0) is 11.3 Å². The van der Waals surface area contributed by atoms with Crippen molar-refractivity contribution in [2.45, 2.75) is 51.7 Å². The van der Waals surface area contributed by atoms with Crippen LogP contribution in [0.3, 0.4) is 0 Å². The maximum absolute atomic E-state index is 12.7. The number of nitrogens with one attached hydrogen (secondary N) is 1. The smallest absolute Gasteiger partial charge is 0.240 e. The van der Waals surface area contributed by atoms with Crippen LogP contribution in [0.1, 0.15) is 38.7 Å². The van der Waals surface area contributed by atoms with Gasteiger partial charge in [0.25, 0.3) is 0 Å². The van der Waals surface area contributed by atoms with E-state index in [4.69, 9.17) is 23.2 Å². The van der Waals surface area contributed by atoms with E-state index >= 15 is 0 Å². The third-order valence-electron chi connectivity index (χ3n) is 3.85. The van der Waals surface area contributed by atoms with Gasteiger partial charge < -0.3 is 10.2 Å². The van der Waals surface area contributed by atoms with E-state index in [1.54, 1.807) is 6.07 Å². The molecular weight excluding hydrogens is 307 g/mol. The van der Waals surface area contributed by atoms with Gasteiger partial charge in [-0.05, 0) is 50.9 Å². The Hall–Kier alpha value is -0.770. The van der Waals surface area contributed by atoms with Crippen LogP contribution in [0.25, 0.3) is 0 Å². The van der Waals surface area contributed by atoms with E-state index in [0.29, 0.717) is 16.6 Å². The fraction of sp³-hybridized carbons (Fsp3) is 0.562. The van der Waals surface area contributed by atoms with Crippen LogP contribution in [0.4, 0.5) is 0 Å². The van der Waals surface area contributed by atoms with Gasteiger partial charge in [0, 0.05) is 12.6 Å². The van der Waals surface area contributed by atoms with Crippen LogP contribution in [0.5, 0.6) is 0 Å². The maximum Gasteiger partial charge on any atom is 0.240 e. The summed E-state index contributed by atoms with van der Waals surface area (Å²) in [5, 5.41) is 4.39. The van der Waals surface area contributed by atoms with E-state index < -0.39 is 0 Å². The number of amides is 1. The number of carbonyl (C=O) groups is 1. The second-order valence-corrected chi connectivity index (χ2v) is 6.63. The van der Waals surface area contributed by atoms with E-state index in [9.17, 15) is 4.79 Å². The average Bonchev–Trinajstić information content (AvgIpc) is 2.48. The highest BCUT2D eigenvalue weighted by molar-refractivity contribution is 6.42. The molecule has 1 aliphatic heterocycles. The molecule has 0 aromatic heterocycles. The molecule has 1 aromatic rings. The van der Waals surface area contributed by atoms with Gasteiger partial charge in [-0.25, -0.2) is 0 Å². The summed E-state index contributed by atoms with van der Waals surface area (Å²) in [6, 6.07) is 5.63. The molecule has 1 heterocycles. The highest BCUT2D eigenvalue weighted by Crippen LogP contribution is 2.24. The third kappa shape index (κ3) is 4.35. The molecule has 1 saturated heterocycles. The summed E-state index contributed by atoms with van der Waals surface area (Å²) >= 11 is 12.0. The molecule has 0 saturated carbocycles. The topological polar surface area (TPSA) is 32.3 Å². The Morgan fingerprint density at radius 2 is 2.10 bits per heavy atom. The number of halogens is 2. The Bertz CT molecular complexity index is 499. The molecule has 116 valence electrons. The number of hydrogen-bond acceptors (Lipinski definition) is 2. The molecule has 0 spiro atoms. The Morgan fingerprint density at radius 3 is 2.67 bits per heavy atom. The maximum atomic E-state index is 12.7. The van der Waals surface area contributed by atoms with Crippen molar-refractivity contribution in [1.82, 2.24) is 10.2 Å². The Labute approximate surface area is 136 Å². The van der Waals surface area contributed by atoms with Crippen LogP contribution in [0.15, 0.2) is 18.2 Å². The molecule has 0 radical (unpaired) electrons. The summed E-state index contributed by atoms with van der Waals surface area (Å²) in [6.45, 7) is 5.57. The van der Waals surface area contributed by atoms with Crippen molar-refractivity contribution >= 4 is 29.1 Å². The number of piperidine rings is 1. The molecule has 1 atom stereocenters. The second kappa shape index (κ2) is 7.48. The zero-order chi connectivity index (χ0) is 15.4. The summed E-state index contributed by atoms with van der Waals surface area (Å²) in [4.78, 5) is 14.6. The molecule has 1 fully saturated rings. The van der Waals surface area contributed by atoms with Crippen LogP contribution >= 0.6 is 23.2 Å². The first-order chi connectivity index (χ1) is 9.99. The average molecular weight is 329 g/mol. The second-order valence-electron chi connectivity index (χ2n) is 5.81. The molecule has 1 N–H and O–H groups in total. The summed E-state index contributed by atoms with van der Waals surface area (Å²) < 4.78 is 0. The molecule has 0 bridgehead atoms. The first kappa shape index (κ1) is 16.6. The van der Waals surface area contributed by atoms with E-state index in [0.717, 1.165) is 31.4 Å². The van der Waals surface area contributed by atoms with Crippen LogP contribution < -0.4 is 5.32 Å². The van der Waals surface area contributed by atoms with Crippen molar-refractivity contribution < 1.29 is 4.79 Å². The van der Waals surface area contributed by atoms with Crippen molar-refractivity contribution in [2.75, 3.05) is 6.54 Å². The highest BCUT2D eigenvalue weighted by Gasteiger charge is 2.27. The summed E-state index contributed by atoms with van der Waals surface area (Å²) in [7, 11) is 0. The SMILES string of the molecule is CC(C)N(Cc1ccc(Cl)c(Cl)c1)C(=O)C1CCCCN1. The van der Waals surface area contributed by atoms with Crippen LogP contribution in [0.2, 0.25) is 10.0 Å². The Morgan fingerprint density at radius 1 is 1.33 bits per heavy atom. The van der Waals surface area contributed by atoms with Crippen LogP contribution in [0, 0.1) is 0 Å². The molecule has 21 heavy (non-hydrogen) atoms. The largest absolute Gasteiger partial charge is 0.335 e. The van der Waals surface area contributed by atoms with Crippen molar-refractivity contribution in [3.05, 3.63) is 33.8 Å². The van der Waals surface area contributed by atoms with Gasteiger partial charge in [-0.2, -0.15) is 0 Å². The van der Waals surface area contributed by atoms with Gasteiger partial charge in [0.2, 0.25) is 5.91 Å². The quantitative estimate of drug-likeness (QED) is 0.909. The lowest BCUT2D eigenvalue weighted by molar-refractivity contribution is -0.136. The number of hydrogen-bond donors (Lipinski definition) is 1. The minimum absolute atomic E-state index is 0.0519. The molecule has 1 unspecified atom stereocenters. The number of benzene rings is 1. The molecule has 1 aliphatic rings. The van der Waals surface area contributed by atoms with Crippen LogP contribution in [-0.4, -0.2) is 29.4 Å². The molecule has 1 aromatic carbocycles. The zero-order valence-electron chi connectivity index (χ0n) is 12.5. The fourth-order valence-electron chi connectivity index (χ4n) is 2.61. The Balaban J connectivity index is 2.10. The molecule has 2 rings (SSSR count). The monoisotopic (exact) mass is 328 g/mol. The van der Waals surface area contributed by atoms with E-state index in [1.807, 2.05) is 30.9 Å². The summed E-state index contributed by atoms with van der Waals surface area (Å²) in [6.07, 6.45) is 3.18. The minimum Gasteiger partial charge on any atom is -0.335 e. The molecular formula is C16H22Cl2N2O. The number of rotatable bonds is 4. The van der Waals surface area contributed by atoms with Gasteiger partial charge in [0.15, 0.2) is 0 Å². The minimum atomic E-state index is -0.0519. The van der Waals surface area contributed by atoms with Gasteiger partial charge in [-0.15, -0.1) is 0 Å². The third-order valence-corrected chi connectivity index (χ3v) is 4.59. The predicted molar refractivity (Wildman–Crippen MR) is 87.8 cm³/mol.